The molecule has 0 heterocycles. The Hall–Kier alpha value is -0.540. The highest BCUT2D eigenvalue weighted by molar-refractivity contribution is 9.10. The molecule has 0 aromatic heterocycles. The van der Waals surface area contributed by atoms with E-state index in [0.717, 1.165) is 10.2 Å². The minimum Gasteiger partial charge on any atom is -0.321 e. The lowest BCUT2D eigenvalue weighted by atomic mass is 10.2. The number of hydrogen-bond acceptors (Lipinski definition) is 2. The van der Waals surface area contributed by atoms with E-state index < -0.39 is 0 Å². The minimum atomic E-state index is 1.11. The van der Waals surface area contributed by atoms with Crippen molar-refractivity contribution < 1.29 is 0 Å². The molecule has 0 spiro atoms. The molecule has 60 valence electrons. The summed E-state index contributed by atoms with van der Waals surface area (Å²) in [6.45, 7) is 2.06. The summed E-state index contributed by atoms with van der Waals surface area (Å²) >= 11 is 3.40. The average Bonchev–Trinajstić information content (AvgIpc) is 1.95. The maximum absolute atomic E-state index is 3.40. The predicted molar refractivity (Wildman–Crippen MR) is 51.6 cm³/mol. The van der Waals surface area contributed by atoms with E-state index in [9.17, 15) is 0 Å². The largest absolute Gasteiger partial charge is 0.321 e. The van der Waals surface area contributed by atoms with Gasteiger partial charge < -0.3 is 5.43 Å². The van der Waals surface area contributed by atoms with Crippen molar-refractivity contribution in [2.24, 2.45) is 0 Å². The van der Waals surface area contributed by atoms with Gasteiger partial charge in [0, 0.05) is 11.5 Å². The van der Waals surface area contributed by atoms with Gasteiger partial charge in [-0.1, -0.05) is 15.9 Å². The lowest BCUT2D eigenvalue weighted by Gasteiger charge is -2.07. The fraction of sp³-hybridized carbons (Fsp3) is 0.250. The summed E-state index contributed by atoms with van der Waals surface area (Å²) in [5.74, 6) is 0. The second-order valence-electron chi connectivity index (χ2n) is 2.33. The second-order valence-corrected chi connectivity index (χ2v) is 3.25. The molecule has 0 amide bonds. The number of aryl methyl sites for hydroxylation is 1. The Bertz CT molecular complexity index is 248. The molecule has 0 aliphatic rings. The summed E-state index contributed by atoms with van der Waals surface area (Å²) in [5.41, 5.74) is 8.23. The average molecular weight is 215 g/mol. The van der Waals surface area contributed by atoms with E-state index in [-0.39, 0.29) is 0 Å². The normalized spacial score (nSPS) is 9.73. The molecule has 1 aromatic rings. The summed E-state index contributed by atoms with van der Waals surface area (Å²) in [6.07, 6.45) is 0. The topological polar surface area (TPSA) is 24.1 Å². The molecular formula is C8H11BrN2. The SMILES string of the molecule is CNNc1ccc(Br)cc1C. The highest BCUT2D eigenvalue weighted by Gasteiger charge is 1.95. The molecule has 0 aliphatic heterocycles. The summed E-state index contributed by atoms with van der Waals surface area (Å²) in [6, 6.07) is 6.10. The molecule has 1 aromatic carbocycles. The lowest BCUT2D eigenvalue weighted by molar-refractivity contribution is 0.980. The number of anilines is 1. The van der Waals surface area contributed by atoms with E-state index in [0.29, 0.717) is 0 Å². The van der Waals surface area contributed by atoms with E-state index in [4.69, 9.17) is 0 Å². The fourth-order valence-corrected chi connectivity index (χ4v) is 1.38. The van der Waals surface area contributed by atoms with Crippen LogP contribution >= 0.6 is 15.9 Å². The first-order chi connectivity index (χ1) is 5.24. The Balaban J connectivity index is 2.90. The Morgan fingerprint density at radius 2 is 2.09 bits per heavy atom. The van der Waals surface area contributed by atoms with Gasteiger partial charge in [0.1, 0.15) is 0 Å². The highest BCUT2D eigenvalue weighted by Crippen LogP contribution is 2.18. The van der Waals surface area contributed by atoms with Gasteiger partial charge >= 0.3 is 0 Å². The zero-order valence-electron chi connectivity index (χ0n) is 6.61. The van der Waals surface area contributed by atoms with Crippen LogP contribution in [-0.2, 0) is 0 Å². The van der Waals surface area contributed by atoms with E-state index in [2.05, 4.69) is 39.8 Å². The molecule has 2 nitrogen and oxygen atoms in total. The third-order valence-electron chi connectivity index (χ3n) is 1.45. The first-order valence-corrected chi connectivity index (χ1v) is 4.22. The molecule has 3 heteroatoms. The predicted octanol–water partition coefficient (Wildman–Crippen LogP) is 2.30. The summed E-state index contributed by atoms with van der Waals surface area (Å²) in [4.78, 5) is 0. The lowest BCUT2D eigenvalue weighted by Crippen LogP contribution is -2.15. The van der Waals surface area contributed by atoms with Gasteiger partial charge in [-0.2, -0.15) is 0 Å². The third-order valence-corrected chi connectivity index (χ3v) is 1.94. The van der Waals surface area contributed by atoms with E-state index in [1.165, 1.54) is 5.56 Å². The molecule has 0 bridgehead atoms. The Labute approximate surface area is 75.1 Å². The number of rotatable bonds is 2. The number of benzene rings is 1. The summed E-state index contributed by atoms with van der Waals surface area (Å²) in [7, 11) is 1.85. The van der Waals surface area contributed by atoms with Gasteiger partial charge in [0.05, 0.1) is 5.69 Å². The molecule has 0 unspecified atom stereocenters. The van der Waals surface area contributed by atoms with Gasteiger partial charge in [-0.05, 0) is 30.7 Å². The molecule has 0 aliphatic carbocycles. The minimum absolute atomic E-state index is 1.11. The molecule has 11 heavy (non-hydrogen) atoms. The standard InChI is InChI=1S/C8H11BrN2/c1-6-5-7(9)3-4-8(6)11-10-2/h3-5,10-11H,1-2H3. The smallest absolute Gasteiger partial charge is 0.0517 e. The monoisotopic (exact) mass is 214 g/mol. The Morgan fingerprint density at radius 3 is 2.64 bits per heavy atom. The summed E-state index contributed by atoms with van der Waals surface area (Å²) in [5, 5.41) is 0. The van der Waals surface area contributed by atoms with Crippen molar-refractivity contribution in [3.8, 4) is 0 Å². The fourth-order valence-electron chi connectivity index (χ4n) is 0.902. The molecular weight excluding hydrogens is 204 g/mol. The molecule has 0 radical (unpaired) electrons. The van der Waals surface area contributed by atoms with Crippen molar-refractivity contribution in [2.45, 2.75) is 6.92 Å². The van der Waals surface area contributed by atoms with Crippen LogP contribution in [0.4, 0.5) is 5.69 Å². The van der Waals surface area contributed by atoms with Crippen LogP contribution < -0.4 is 10.9 Å². The molecule has 0 saturated carbocycles. The van der Waals surface area contributed by atoms with Crippen molar-refractivity contribution in [1.82, 2.24) is 5.43 Å². The van der Waals surface area contributed by atoms with Crippen molar-refractivity contribution in [3.63, 3.8) is 0 Å². The van der Waals surface area contributed by atoms with Gasteiger partial charge in [0.15, 0.2) is 0 Å². The van der Waals surface area contributed by atoms with E-state index in [1.54, 1.807) is 0 Å². The van der Waals surface area contributed by atoms with Crippen LogP contribution in [0.15, 0.2) is 22.7 Å². The molecule has 0 saturated heterocycles. The number of hydrogen-bond donors (Lipinski definition) is 2. The van der Waals surface area contributed by atoms with Crippen LogP contribution in [0.5, 0.6) is 0 Å². The third kappa shape index (κ3) is 2.20. The van der Waals surface area contributed by atoms with Gasteiger partial charge in [-0.3, -0.25) is 0 Å². The zero-order valence-corrected chi connectivity index (χ0v) is 8.20. The van der Waals surface area contributed by atoms with Crippen LogP contribution in [0.2, 0.25) is 0 Å². The quantitative estimate of drug-likeness (QED) is 0.739. The van der Waals surface area contributed by atoms with E-state index >= 15 is 0 Å². The number of hydrazine groups is 1. The molecule has 0 fully saturated rings. The van der Waals surface area contributed by atoms with Crippen molar-refractivity contribution in [2.75, 3.05) is 12.5 Å². The Kier molecular flexibility index (Phi) is 2.91. The maximum atomic E-state index is 3.40. The van der Waals surface area contributed by atoms with Crippen molar-refractivity contribution in [1.29, 1.82) is 0 Å². The maximum Gasteiger partial charge on any atom is 0.0517 e. The van der Waals surface area contributed by atoms with Crippen molar-refractivity contribution >= 4 is 21.6 Å². The first-order valence-electron chi connectivity index (χ1n) is 3.43. The zero-order chi connectivity index (χ0) is 8.27. The van der Waals surface area contributed by atoms with Crippen molar-refractivity contribution in [3.05, 3.63) is 28.2 Å². The van der Waals surface area contributed by atoms with Gasteiger partial charge in [-0.25, -0.2) is 5.43 Å². The van der Waals surface area contributed by atoms with Crippen LogP contribution in [0.1, 0.15) is 5.56 Å². The molecule has 1 rings (SSSR count). The Morgan fingerprint density at radius 1 is 1.36 bits per heavy atom. The second kappa shape index (κ2) is 3.74. The van der Waals surface area contributed by atoms with Gasteiger partial charge in [-0.15, -0.1) is 0 Å². The number of nitrogens with one attached hydrogen (secondary N) is 2. The molecule has 0 atom stereocenters. The summed E-state index contributed by atoms with van der Waals surface area (Å²) < 4.78 is 1.11. The first kappa shape index (κ1) is 8.56. The van der Waals surface area contributed by atoms with E-state index in [1.807, 2.05) is 19.2 Å². The van der Waals surface area contributed by atoms with Crippen LogP contribution in [0, 0.1) is 6.92 Å². The van der Waals surface area contributed by atoms with Crippen LogP contribution in [0.25, 0.3) is 0 Å². The van der Waals surface area contributed by atoms with Gasteiger partial charge in [0.25, 0.3) is 0 Å². The van der Waals surface area contributed by atoms with Crippen LogP contribution in [-0.4, -0.2) is 7.05 Å². The van der Waals surface area contributed by atoms with Gasteiger partial charge in [0.2, 0.25) is 0 Å². The van der Waals surface area contributed by atoms with Crippen LogP contribution in [0.3, 0.4) is 0 Å². The highest BCUT2D eigenvalue weighted by atomic mass is 79.9. The number of halogens is 1. The molecule has 2 N–H and O–H groups in total.